The van der Waals surface area contributed by atoms with Crippen molar-refractivity contribution in [2.45, 2.75) is 18.9 Å². The second kappa shape index (κ2) is 5.54. The lowest BCUT2D eigenvalue weighted by atomic mass is 10.0. The molecule has 0 spiro atoms. The van der Waals surface area contributed by atoms with Gasteiger partial charge in [0.15, 0.2) is 0 Å². The fourth-order valence-electron chi connectivity index (χ4n) is 1.31. The van der Waals surface area contributed by atoms with Gasteiger partial charge in [0.05, 0.1) is 17.6 Å². The number of aliphatic carboxylic acids is 1. The molecule has 6 nitrogen and oxygen atoms in total. The molecule has 18 heavy (non-hydrogen) atoms. The fourth-order valence-corrected chi connectivity index (χ4v) is 1.31. The van der Waals surface area contributed by atoms with Gasteiger partial charge in [-0.25, -0.2) is 4.98 Å². The van der Waals surface area contributed by atoms with Gasteiger partial charge >= 0.3 is 5.97 Å². The summed E-state index contributed by atoms with van der Waals surface area (Å²) in [7, 11) is 0. The lowest BCUT2D eigenvalue weighted by Crippen LogP contribution is -2.42. The van der Waals surface area contributed by atoms with Crippen molar-refractivity contribution in [3.05, 3.63) is 29.8 Å². The van der Waals surface area contributed by atoms with Crippen LogP contribution in [0.5, 0.6) is 0 Å². The van der Waals surface area contributed by atoms with Crippen LogP contribution in [0.3, 0.4) is 0 Å². The van der Waals surface area contributed by atoms with E-state index in [1.54, 1.807) is 0 Å². The number of carbonyl (C=O) groups is 2. The minimum Gasteiger partial charge on any atom is -0.481 e. The Hall–Kier alpha value is -2.02. The van der Waals surface area contributed by atoms with E-state index in [0.29, 0.717) is 0 Å². The van der Waals surface area contributed by atoms with Crippen LogP contribution in [-0.2, 0) is 4.79 Å². The van der Waals surface area contributed by atoms with Crippen molar-refractivity contribution in [3.63, 3.8) is 0 Å². The highest BCUT2D eigenvalue weighted by molar-refractivity contribution is 5.94. The number of rotatable bonds is 5. The smallest absolute Gasteiger partial charge is 0.306 e. The van der Waals surface area contributed by atoms with Crippen LogP contribution < -0.4 is 5.32 Å². The summed E-state index contributed by atoms with van der Waals surface area (Å²) in [6.45, 7) is 0.966. The highest BCUT2D eigenvalue weighted by atomic mass is 19.1. The Morgan fingerprint density at radius 2 is 2.22 bits per heavy atom. The SMILES string of the molecule is CC(O)(CNC(=O)c1cccnc1F)CC(=O)O. The number of nitrogens with one attached hydrogen (secondary N) is 1. The Morgan fingerprint density at radius 3 is 2.78 bits per heavy atom. The number of carbonyl (C=O) groups excluding carboxylic acids is 1. The van der Waals surface area contributed by atoms with Crippen molar-refractivity contribution in [3.8, 4) is 0 Å². The number of nitrogens with zero attached hydrogens (tertiary/aromatic N) is 1. The molecule has 1 aromatic rings. The van der Waals surface area contributed by atoms with Gasteiger partial charge in [0.2, 0.25) is 5.95 Å². The summed E-state index contributed by atoms with van der Waals surface area (Å²) < 4.78 is 13.1. The normalized spacial score (nSPS) is 13.7. The number of amides is 1. The van der Waals surface area contributed by atoms with E-state index in [2.05, 4.69) is 10.3 Å². The number of aliphatic hydroxyl groups is 1. The lowest BCUT2D eigenvalue weighted by Gasteiger charge is -2.21. The number of pyridine rings is 1. The number of carboxylic acid groups (broad SMARTS) is 1. The van der Waals surface area contributed by atoms with Crippen LogP contribution in [0.2, 0.25) is 0 Å². The van der Waals surface area contributed by atoms with Gasteiger partial charge in [-0.05, 0) is 19.1 Å². The fraction of sp³-hybridized carbons (Fsp3) is 0.364. The zero-order valence-electron chi connectivity index (χ0n) is 9.68. The Morgan fingerprint density at radius 1 is 1.56 bits per heavy atom. The molecule has 1 amide bonds. The van der Waals surface area contributed by atoms with Crippen LogP contribution in [0.1, 0.15) is 23.7 Å². The van der Waals surface area contributed by atoms with Crippen LogP contribution in [0.4, 0.5) is 4.39 Å². The third-order valence-corrected chi connectivity index (χ3v) is 2.17. The van der Waals surface area contributed by atoms with Crippen molar-refractivity contribution < 1.29 is 24.2 Å². The number of aromatic nitrogens is 1. The molecular weight excluding hydrogens is 243 g/mol. The highest BCUT2D eigenvalue weighted by Gasteiger charge is 2.25. The minimum atomic E-state index is -1.60. The van der Waals surface area contributed by atoms with E-state index in [1.165, 1.54) is 25.3 Å². The van der Waals surface area contributed by atoms with Crippen molar-refractivity contribution in [1.29, 1.82) is 0 Å². The third kappa shape index (κ3) is 4.10. The summed E-state index contributed by atoms with van der Waals surface area (Å²) in [5, 5.41) is 20.4. The predicted octanol–water partition coefficient (Wildman–Crippen LogP) is 0.176. The van der Waals surface area contributed by atoms with Gasteiger partial charge in [-0.1, -0.05) is 0 Å². The standard InChI is InChI=1S/C11H13FN2O4/c1-11(18,5-8(15)16)6-14-10(17)7-3-2-4-13-9(7)12/h2-4,18H,5-6H2,1H3,(H,14,17)(H,15,16). The summed E-state index contributed by atoms with van der Waals surface area (Å²) in [6.07, 6.45) is 0.676. The molecule has 1 unspecified atom stereocenters. The number of hydrogen-bond acceptors (Lipinski definition) is 4. The van der Waals surface area contributed by atoms with Crippen molar-refractivity contribution in [2.75, 3.05) is 6.54 Å². The average molecular weight is 256 g/mol. The quantitative estimate of drug-likeness (QED) is 0.652. The zero-order valence-corrected chi connectivity index (χ0v) is 9.68. The number of hydrogen-bond donors (Lipinski definition) is 3. The van der Waals surface area contributed by atoms with E-state index < -0.39 is 29.8 Å². The Labute approximate surface area is 102 Å². The Kier molecular flexibility index (Phi) is 4.33. The predicted molar refractivity (Wildman–Crippen MR) is 59.4 cm³/mol. The molecule has 1 atom stereocenters. The first-order valence-corrected chi connectivity index (χ1v) is 5.15. The molecule has 7 heteroatoms. The first-order chi connectivity index (χ1) is 8.32. The van der Waals surface area contributed by atoms with Gasteiger partial charge in [0.1, 0.15) is 0 Å². The third-order valence-electron chi connectivity index (χ3n) is 2.17. The molecule has 0 saturated carbocycles. The maximum absolute atomic E-state index is 13.1. The van der Waals surface area contributed by atoms with Crippen LogP contribution in [0, 0.1) is 5.95 Å². The lowest BCUT2D eigenvalue weighted by molar-refractivity contribution is -0.141. The van der Waals surface area contributed by atoms with Crippen molar-refractivity contribution in [1.82, 2.24) is 10.3 Å². The second-order valence-corrected chi connectivity index (χ2v) is 4.09. The summed E-state index contributed by atoms with van der Waals surface area (Å²) in [4.78, 5) is 25.3. The largest absolute Gasteiger partial charge is 0.481 e. The Balaban J connectivity index is 2.62. The highest BCUT2D eigenvalue weighted by Crippen LogP contribution is 2.08. The summed E-state index contributed by atoms with van der Waals surface area (Å²) in [5.74, 6) is -2.87. The monoisotopic (exact) mass is 256 g/mol. The van der Waals surface area contributed by atoms with Gasteiger partial charge in [-0.15, -0.1) is 0 Å². The molecule has 3 N–H and O–H groups in total. The maximum Gasteiger partial charge on any atom is 0.306 e. The van der Waals surface area contributed by atoms with E-state index in [0.717, 1.165) is 0 Å². The number of carboxylic acids is 1. The molecule has 1 aromatic heterocycles. The molecule has 0 bridgehead atoms. The molecule has 0 fully saturated rings. The van der Waals surface area contributed by atoms with Crippen LogP contribution >= 0.6 is 0 Å². The van der Waals surface area contributed by atoms with E-state index in [-0.39, 0.29) is 12.1 Å². The van der Waals surface area contributed by atoms with Gasteiger partial charge < -0.3 is 15.5 Å². The molecule has 0 radical (unpaired) electrons. The summed E-state index contributed by atoms with van der Waals surface area (Å²) >= 11 is 0. The summed E-state index contributed by atoms with van der Waals surface area (Å²) in [5.41, 5.74) is -1.86. The van der Waals surface area contributed by atoms with Crippen molar-refractivity contribution >= 4 is 11.9 Å². The van der Waals surface area contributed by atoms with Crippen LogP contribution in [-0.4, -0.2) is 39.2 Å². The van der Waals surface area contributed by atoms with Gasteiger partial charge in [0, 0.05) is 12.7 Å². The first kappa shape index (κ1) is 14.0. The molecule has 1 heterocycles. The van der Waals surface area contributed by atoms with E-state index in [4.69, 9.17) is 5.11 Å². The van der Waals surface area contributed by atoms with Crippen LogP contribution in [0.15, 0.2) is 18.3 Å². The second-order valence-electron chi connectivity index (χ2n) is 4.09. The van der Waals surface area contributed by atoms with Crippen LogP contribution in [0.25, 0.3) is 0 Å². The Bertz CT molecular complexity index is 462. The molecule has 98 valence electrons. The molecular formula is C11H13FN2O4. The van der Waals surface area contributed by atoms with Gasteiger partial charge in [-0.3, -0.25) is 9.59 Å². The minimum absolute atomic E-state index is 0.261. The van der Waals surface area contributed by atoms with E-state index in [1.807, 2.05) is 0 Å². The topological polar surface area (TPSA) is 99.5 Å². The molecule has 0 aliphatic rings. The van der Waals surface area contributed by atoms with Gasteiger partial charge in [0.25, 0.3) is 5.91 Å². The molecule has 0 saturated heterocycles. The summed E-state index contributed by atoms with van der Waals surface area (Å²) in [6, 6.07) is 2.64. The molecule has 1 rings (SSSR count). The number of halogens is 1. The van der Waals surface area contributed by atoms with E-state index in [9.17, 15) is 19.1 Å². The zero-order chi connectivity index (χ0) is 13.8. The molecule has 0 aromatic carbocycles. The molecule has 0 aliphatic carbocycles. The van der Waals surface area contributed by atoms with Gasteiger partial charge in [-0.2, -0.15) is 4.39 Å². The average Bonchev–Trinajstić information content (AvgIpc) is 2.25. The van der Waals surface area contributed by atoms with E-state index >= 15 is 0 Å². The van der Waals surface area contributed by atoms with Crippen molar-refractivity contribution in [2.24, 2.45) is 0 Å². The first-order valence-electron chi connectivity index (χ1n) is 5.15. The maximum atomic E-state index is 13.1. The molecule has 0 aliphatic heterocycles.